The Bertz CT molecular complexity index is 1020. The zero-order valence-corrected chi connectivity index (χ0v) is 17.4. The summed E-state index contributed by atoms with van der Waals surface area (Å²) in [4.78, 5) is 19.1. The number of nitrogen functional groups attached to an aromatic ring is 2. The fraction of sp³-hybridized carbons (Fsp3) is 0.261. The number of anilines is 2. The third-order valence-electron chi connectivity index (χ3n) is 4.69. The summed E-state index contributed by atoms with van der Waals surface area (Å²) in [5.74, 6) is 0.759. The molecule has 3 aromatic rings. The zero-order chi connectivity index (χ0) is 22.2. The predicted molar refractivity (Wildman–Crippen MR) is 119 cm³/mol. The van der Waals surface area contributed by atoms with Gasteiger partial charge in [0.15, 0.2) is 11.6 Å². The van der Waals surface area contributed by atoms with E-state index in [-0.39, 0.29) is 17.3 Å². The molecule has 0 saturated carbocycles. The monoisotopic (exact) mass is 422 g/mol. The molecule has 3 rings (SSSR count). The summed E-state index contributed by atoms with van der Waals surface area (Å²) in [7, 11) is 0. The molecule has 0 saturated heterocycles. The Morgan fingerprint density at radius 2 is 1.48 bits per heavy atom. The smallest absolute Gasteiger partial charge is 0.335 e. The van der Waals surface area contributed by atoms with E-state index in [4.69, 9.17) is 26.0 Å². The molecular formula is C23H26N4O4. The Balaban J connectivity index is 1.43. The van der Waals surface area contributed by atoms with Crippen LogP contribution in [0.5, 0.6) is 11.5 Å². The first-order chi connectivity index (χ1) is 15.0. The first-order valence-electron chi connectivity index (χ1n) is 10.1. The molecule has 0 atom stereocenters. The van der Waals surface area contributed by atoms with Crippen molar-refractivity contribution in [3.63, 3.8) is 0 Å². The number of aryl methyl sites for hydroxylation is 1. The maximum Gasteiger partial charge on any atom is 0.335 e. The van der Waals surface area contributed by atoms with Crippen LogP contribution in [0.3, 0.4) is 0 Å². The van der Waals surface area contributed by atoms with Crippen molar-refractivity contribution >= 4 is 17.7 Å². The third kappa shape index (κ3) is 5.85. The van der Waals surface area contributed by atoms with E-state index in [9.17, 15) is 4.79 Å². The van der Waals surface area contributed by atoms with Crippen LogP contribution in [0.15, 0.2) is 48.5 Å². The van der Waals surface area contributed by atoms with Crippen molar-refractivity contribution in [3.8, 4) is 22.6 Å². The first kappa shape index (κ1) is 21.9. The molecule has 1 aromatic heterocycles. The van der Waals surface area contributed by atoms with Gasteiger partial charge in [-0.25, -0.2) is 9.78 Å². The highest BCUT2D eigenvalue weighted by molar-refractivity contribution is 5.88. The lowest BCUT2D eigenvalue weighted by molar-refractivity contribution is 0.0697. The number of hydrogen-bond donors (Lipinski definition) is 3. The second kappa shape index (κ2) is 10.3. The summed E-state index contributed by atoms with van der Waals surface area (Å²) >= 11 is 0. The van der Waals surface area contributed by atoms with Gasteiger partial charge in [0.2, 0.25) is 5.95 Å². The normalized spacial score (nSPS) is 10.6. The molecule has 2 aromatic carbocycles. The van der Waals surface area contributed by atoms with Crippen molar-refractivity contribution in [1.82, 2.24) is 9.97 Å². The number of carbonyl (C=O) groups is 1. The SMILES string of the molecule is CCc1nc(N)nc(N)c1OCCCCOc1ccc(-c2ccc(C(=O)O)cc2)cc1. The number of rotatable bonds is 10. The van der Waals surface area contributed by atoms with Crippen LogP contribution in [-0.2, 0) is 6.42 Å². The van der Waals surface area contributed by atoms with Crippen LogP contribution in [0, 0.1) is 0 Å². The van der Waals surface area contributed by atoms with Crippen LogP contribution in [0.1, 0.15) is 35.8 Å². The first-order valence-corrected chi connectivity index (χ1v) is 10.1. The molecule has 1 heterocycles. The summed E-state index contributed by atoms with van der Waals surface area (Å²) in [6.07, 6.45) is 2.27. The molecule has 0 unspecified atom stereocenters. The molecule has 0 aliphatic carbocycles. The van der Waals surface area contributed by atoms with Gasteiger partial charge >= 0.3 is 5.97 Å². The van der Waals surface area contributed by atoms with Crippen LogP contribution in [-0.4, -0.2) is 34.3 Å². The lowest BCUT2D eigenvalue weighted by Crippen LogP contribution is -2.10. The van der Waals surface area contributed by atoms with Crippen LogP contribution in [0.4, 0.5) is 11.8 Å². The second-order valence-electron chi connectivity index (χ2n) is 6.91. The molecule has 0 bridgehead atoms. The number of ether oxygens (including phenoxy) is 2. The molecule has 8 heteroatoms. The Morgan fingerprint density at radius 1 is 0.903 bits per heavy atom. The van der Waals surface area contributed by atoms with Crippen molar-refractivity contribution in [2.75, 3.05) is 24.7 Å². The van der Waals surface area contributed by atoms with E-state index in [0.717, 1.165) is 29.7 Å². The van der Waals surface area contributed by atoms with Crippen molar-refractivity contribution in [3.05, 3.63) is 59.8 Å². The van der Waals surface area contributed by atoms with Crippen molar-refractivity contribution in [1.29, 1.82) is 0 Å². The number of aromatic nitrogens is 2. The van der Waals surface area contributed by atoms with Gasteiger partial charge in [0.25, 0.3) is 0 Å². The standard InChI is InChI=1S/C23H26N4O4/c1-2-19-20(21(24)27-23(25)26-19)31-14-4-3-13-30-18-11-9-16(10-12-18)15-5-7-17(8-6-15)22(28)29/h5-12H,2-4,13-14H2,1H3,(H,28,29)(H4,24,25,26,27). The Kier molecular flexibility index (Phi) is 7.26. The highest BCUT2D eigenvalue weighted by atomic mass is 16.5. The van der Waals surface area contributed by atoms with Gasteiger partial charge in [0.1, 0.15) is 5.75 Å². The molecule has 0 radical (unpaired) electrons. The molecule has 0 aliphatic heterocycles. The number of benzene rings is 2. The molecule has 31 heavy (non-hydrogen) atoms. The lowest BCUT2D eigenvalue weighted by Gasteiger charge is -2.12. The van der Waals surface area contributed by atoms with Gasteiger partial charge in [0, 0.05) is 0 Å². The van der Waals surface area contributed by atoms with E-state index in [2.05, 4.69) is 9.97 Å². The minimum Gasteiger partial charge on any atom is -0.494 e. The summed E-state index contributed by atoms with van der Waals surface area (Å²) in [6.45, 7) is 3.00. The molecule has 0 amide bonds. The van der Waals surface area contributed by atoms with Crippen molar-refractivity contribution < 1.29 is 19.4 Å². The van der Waals surface area contributed by atoms with E-state index in [1.165, 1.54) is 0 Å². The maximum absolute atomic E-state index is 10.9. The van der Waals surface area contributed by atoms with Crippen LogP contribution >= 0.6 is 0 Å². The third-order valence-corrected chi connectivity index (χ3v) is 4.69. The van der Waals surface area contributed by atoms with Gasteiger partial charge in [0.05, 0.1) is 24.5 Å². The number of unbranched alkanes of at least 4 members (excludes halogenated alkanes) is 1. The summed E-state index contributed by atoms with van der Waals surface area (Å²) < 4.78 is 11.5. The quantitative estimate of drug-likeness (QED) is 0.420. The Hall–Kier alpha value is -3.81. The number of carboxylic acids is 1. The van der Waals surface area contributed by atoms with E-state index < -0.39 is 5.97 Å². The maximum atomic E-state index is 10.9. The van der Waals surface area contributed by atoms with Gasteiger partial charge in [-0.3, -0.25) is 0 Å². The van der Waals surface area contributed by atoms with E-state index in [1.807, 2.05) is 31.2 Å². The van der Waals surface area contributed by atoms with E-state index in [1.54, 1.807) is 24.3 Å². The molecule has 0 spiro atoms. The van der Waals surface area contributed by atoms with Crippen molar-refractivity contribution in [2.24, 2.45) is 0 Å². The number of nitrogens with zero attached hydrogens (tertiary/aromatic N) is 2. The van der Waals surface area contributed by atoms with E-state index >= 15 is 0 Å². The summed E-state index contributed by atoms with van der Waals surface area (Å²) in [5.41, 5.74) is 14.4. The van der Waals surface area contributed by atoms with Gasteiger partial charge in [-0.1, -0.05) is 31.2 Å². The minimum atomic E-state index is -0.934. The number of hydrogen-bond acceptors (Lipinski definition) is 7. The highest BCUT2D eigenvalue weighted by Gasteiger charge is 2.11. The molecular weight excluding hydrogens is 396 g/mol. The average molecular weight is 422 g/mol. The number of nitrogens with two attached hydrogens (primary N) is 2. The molecule has 0 aliphatic rings. The minimum absolute atomic E-state index is 0.151. The lowest BCUT2D eigenvalue weighted by atomic mass is 10.0. The zero-order valence-electron chi connectivity index (χ0n) is 17.4. The number of carboxylic acid groups (broad SMARTS) is 1. The highest BCUT2D eigenvalue weighted by Crippen LogP contribution is 2.25. The molecule has 162 valence electrons. The largest absolute Gasteiger partial charge is 0.494 e. The number of aromatic carboxylic acids is 1. The van der Waals surface area contributed by atoms with Gasteiger partial charge in [-0.2, -0.15) is 4.98 Å². The summed E-state index contributed by atoms with van der Waals surface area (Å²) in [5, 5.41) is 8.98. The fourth-order valence-corrected chi connectivity index (χ4v) is 3.05. The van der Waals surface area contributed by atoms with Crippen molar-refractivity contribution in [2.45, 2.75) is 26.2 Å². The predicted octanol–water partition coefficient (Wildman–Crippen LogP) is 3.81. The Labute approximate surface area is 180 Å². The van der Waals surface area contributed by atoms with Gasteiger partial charge < -0.3 is 26.0 Å². The van der Waals surface area contributed by atoms with Crippen LogP contribution in [0.2, 0.25) is 0 Å². The molecule has 8 nitrogen and oxygen atoms in total. The fourth-order valence-electron chi connectivity index (χ4n) is 3.05. The second-order valence-corrected chi connectivity index (χ2v) is 6.91. The average Bonchev–Trinajstić information content (AvgIpc) is 2.77. The van der Waals surface area contributed by atoms with E-state index in [0.29, 0.717) is 31.1 Å². The topological polar surface area (TPSA) is 134 Å². The summed E-state index contributed by atoms with van der Waals surface area (Å²) in [6, 6.07) is 14.5. The van der Waals surface area contributed by atoms with Crippen LogP contribution in [0.25, 0.3) is 11.1 Å². The molecule has 5 N–H and O–H groups in total. The Morgan fingerprint density at radius 3 is 2.06 bits per heavy atom. The molecule has 0 fully saturated rings. The van der Waals surface area contributed by atoms with Gasteiger partial charge in [-0.15, -0.1) is 0 Å². The van der Waals surface area contributed by atoms with Crippen LogP contribution < -0.4 is 20.9 Å². The van der Waals surface area contributed by atoms with Gasteiger partial charge in [-0.05, 0) is 54.7 Å².